The number of hydrogen-bond donors (Lipinski definition) is 0. The fourth-order valence-corrected chi connectivity index (χ4v) is 3.64. The summed E-state index contributed by atoms with van der Waals surface area (Å²) < 4.78 is 10.6. The average molecular weight is 355 g/mol. The maximum Gasteiger partial charge on any atom is 0.249 e. The predicted octanol–water partition coefficient (Wildman–Crippen LogP) is 3.67. The van der Waals surface area contributed by atoms with Gasteiger partial charge in [0.2, 0.25) is 17.6 Å². The van der Waals surface area contributed by atoms with Crippen LogP contribution in [0.15, 0.2) is 46.3 Å². The summed E-state index contributed by atoms with van der Waals surface area (Å²) >= 11 is 1.56. The number of carbonyl (C=O) groups excluding carboxylic acids is 1. The first kappa shape index (κ1) is 15.8. The highest BCUT2D eigenvalue weighted by Crippen LogP contribution is 2.34. The maximum atomic E-state index is 12.3. The summed E-state index contributed by atoms with van der Waals surface area (Å²) in [5.41, 5.74) is 1.04. The highest BCUT2D eigenvalue weighted by Gasteiger charge is 2.36. The molecule has 1 unspecified atom stereocenters. The van der Waals surface area contributed by atoms with E-state index < -0.39 is 0 Å². The van der Waals surface area contributed by atoms with Crippen molar-refractivity contribution in [1.82, 2.24) is 15.0 Å². The standard InChI is InChI=1S/C18H17N3O3S/c1-23-13-6-4-12(5-7-13)11-21-14(8-9-16(21)22)18-19-17(20-24-18)15-3-2-10-25-15/h2-7,10,14H,8-9,11H2,1H3. The molecular formula is C18H17N3O3S. The van der Waals surface area contributed by atoms with Gasteiger partial charge in [0.1, 0.15) is 11.8 Å². The van der Waals surface area contributed by atoms with Crippen LogP contribution < -0.4 is 4.74 Å². The lowest BCUT2D eigenvalue weighted by molar-refractivity contribution is -0.129. The molecule has 1 fully saturated rings. The van der Waals surface area contributed by atoms with E-state index in [4.69, 9.17) is 9.26 Å². The quantitative estimate of drug-likeness (QED) is 0.698. The summed E-state index contributed by atoms with van der Waals surface area (Å²) in [5.74, 6) is 1.98. The highest BCUT2D eigenvalue weighted by molar-refractivity contribution is 7.13. The van der Waals surface area contributed by atoms with Gasteiger partial charge in [0.15, 0.2) is 0 Å². The van der Waals surface area contributed by atoms with Crippen molar-refractivity contribution in [3.05, 3.63) is 53.2 Å². The Morgan fingerprint density at radius 1 is 1.32 bits per heavy atom. The van der Waals surface area contributed by atoms with Gasteiger partial charge in [-0.3, -0.25) is 4.79 Å². The Kier molecular flexibility index (Phi) is 4.23. The molecule has 0 saturated carbocycles. The third-order valence-corrected chi connectivity index (χ3v) is 5.17. The third-order valence-electron chi connectivity index (χ3n) is 4.31. The Labute approximate surface area is 149 Å². The Hall–Kier alpha value is -2.67. The molecule has 128 valence electrons. The van der Waals surface area contributed by atoms with Crippen molar-refractivity contribution in [2.24, 2.45) is 0 Å². The van der Waals surface area contributed by atoms with E-state index in [0.717, 1.165) is 16.2 Å². The molecule has 1 saturated heterocycles. The van der Waals surface area contributed by atoms with Gasteiger partial charge in [0.25, 0.3) is 0 Å². The molecule has 0 aliphatic carbocycles. The topological polar surface area (TPSA) is 68.5 Å². The molecule has 2 aromatic heterocycles. The predicted molar refractivity (Wildman–Crippen MR) is 93.1 cm³/mol. The van der Waals surface area contributed by atoms with Crippen LogP contribution in [0.4, 0.5) is 0 Å². The first-order valence-corrected chi connectivity index (χ1v) is 8.92. The largest absolute Gasteiger partial charge is 0.497 e. The summed E-state index contributed by atoms with van der Waals surface area (Å²) in [7, 11) is 1.63. The highest BCUT2D eigenvalue weighted by atomic mass is 32.1. The van der Waals surface area contributed by atoms with Crippen molar-refractivity contribution in [2.75, 3.05) is 7.11 Å². The Morgan fingerprint density at radius 2 is 2.16 bits per heavy atom. The van der Waals surface area contributed by atoms with Gasteiger partial charge in [-0.15, -0.1) is 11.3 Å². The number of amides is 1. The fraction of sp³-hybridized carbons (Fsp3) is 0.278. The van der Waals surface area contributed by atoms with Gasteiger partial charge in [-0.2, -0.15) is 4.98 Å². The van der Waals surface area contributed by atoms with Crippen LogP contribution in [0.1, 0.15) is 30.3 Å². The zero-order valence-electron chi connectivity index (χ0n) is 13.7. The van der Waals surface area contributed by atoms with Gasteiger partial charge in [-0.1, -0.05) is 23.4 Å². The van der Waals surface area contributed by atoms with Crippen molar-refractivity contribution in [3.63, 3.8) is 0 Å². The first-order valence-electron chi connectivity index (χ1n) is 8.04. The van der Waals surface area contributed by atoms with Crippen LogP contribution in [0.3, 0.4) is 0 Å². The lowest BCUT2D eigenvalue weighted by Gasteiger charge is -2.22. The van der Waals surface area contributed by atoms with Gasteiger partial charge in [-0.05, 0) is 35.6 Å². The number of likely N-dealkylation sites (tertiary alicyclic amines) is 1. The van der Waals surface area contributed by atoms with Crippen LogP contribution in [0, 0.1) is 0 Å². The zero-order valence-corrected chi connectivity index (χ0v) is 14.5. The normalized spacial score (nSPS) is 17.2. The summed E-state index contributed by atoms with van der Waals surface area (Å²) in [6.45, 7) is 0.518. The Morgan fingerprint density at radius 3 is 2.88 bits per heavy atom. The molecule has 1 aromatic carbocycles. The molecule has 1 atom stereocenters. The third kappa shape index (κ3) is 3.15. The molecule has 0 bridgehead atoms. The van der Waals surface area contributed by atoms with Gasteiger partial charge in [-0.25, -0.2) is 0 Å². The van der Waals surface area contributed by atoms with E-state index in [1.807, 2.05) is 46.7 Å². The number of hydrogen-bond acceptors (Lipinski definition) is 6. The molecule has 7 heteroatoms. The van der Waals surface area contributed by atoms with Crippen molar-refractivity contribution in [3.8, 4) is 16.5 Å². The molecule has 3 aromatic rings. The van der Waals surface area contributed by atoms with Crippen molar-refractivity contribution >= 4 is 17.2 Å². The van der Waals surface area contributed by atoms with Crippen molar-refractivity contribution in [1.29, 1.82) is 0 Å². The molecule has 0 radical (unpaired) electrons. The number of benzene rings is 1. The average Bonchev–Trinajstić information content (AvgIpc) is 3.37. The molecule has 1 aliphatic rings. The monoisotopic (exact) mass is 355 g/mol. The van der Waals surface area contributed by atoms with E-state index >= 15 is 0 Å². The zero-order chi connectivity index (χ0) is 17.2. The van der Waals surface area contributed by atoms with Crippen LogP contribution in [0.2, 0.25) is 0 Å². The number of methoxy groups -OCH3 is 1. The minimum absolute atomic E-state index is 0.108. The van der Waals surface area contributed by atoms with Gasteiger partial charge < -0.3 is 14.2 Å². The molecule has 1 amide bonds. The van der Waals surface area contributed by atoms with Gasteiger partial charge in [0, 0.05) is 13.0 Å². The Balaban J connectivity index is 1.55. The Bertz CT molecular complexity index is 858. The second-order valence-corrected chi connectivity index (χ2v) is 6.81. The SMILES string of the molecule is COc1ccc(CN2C(=O)CCC2c2nc(-c3cccs3)no2)cc1. The molecular weight excluding hydrogens is 338 g/mol. The summed E-state index contributed by atoms with van der Waals surface area (Å²) in [5, 5.41) is 6.03. The number of carbonyl (C=O) groups is 1. The molecule has 6 nitrogen and oxygen atoms in total. The lowest BCUT2D eigenvalue weighted by Crippen LogP contribution is -2.27. The van der Waals surface area contributed by atoms with E-state index in [1.165, 1.54) is 0 Å². The van der Waals surface area contributed by atoms with E-state index in [9.17, 15) is 4.79 Å². The smallest absolute Gasteiger partial charge is 0.249 e. The van der Waals surface area contributed by atoms with Crippen molar-refractivity contribution < 1.29 is 14.1 Å². The molecule has 1 aliphatic heterocycles. The minimum atomic E-state index is -0.171. The van der Waals surface area contributed by atoms with Crippen molar-refractivity contribution in [2.45, 2.75) is 25.4 Å². The second kappa shape index (κ2) is 6.68. The second-order valence-electron chi connectivity index (χ2n) is 5.86. The first-order chi connectivity index (χ1) is 12.2. The molecule has 25 heavy (non-hydrogen) atoms. The molecule has 0 spiro atoms. The van der Waals surface area contributed by atoms with E-state index in [2.05, 4.69) is 10.1 Å². The molecule has 0 N–H and O–H groups in total. The van der Waals surface area contributed by atoms with Crippen LogP contribution in [0.25, 0.3) is 10.7 Å². The van der Waals surface area contributed by atoms with Crippen LogP contribution >= 0.6 is 11.3 Å². The van der Waals surface area contributed by atoms with Gasteiger partial charge >= 0.3 is 0 Å². The van der Waals surface area contributed by atoms with Gasteiger partial charge in [0.05, 0.1) is 12.0 Å². The molecule has 3 heterocycles. The summed E-state index contributed by atoms with van der Waals surface area (Å²) in [6, 6.07) is 11.5. The fourth-order valence-electron chi connectivity index (χ4n) is 2.99. The summed E-state index contributed by atoms with van der Waals surface area (Å²) in [4.78, 5) is 19.6. The van der Waals surface area contributed by atoms with Crippen LogP contribution in [0.5, 0.6) is 5.75 Å². The molecule has 4 rings (SSSR count). The van der Waals surface area contributed by atoms with E-state index in [1.54, 1.807) is 18.4 Å². The number of ether oxygens (including phenoxy) is 1. The number of nitrogens with zero attached hydrogens (tertiary/aromatic N) is 3. The number of aromatic nitrogens is 2. The minimum Gasteiger partial charge on any atom is -0.497 e. The van der Waals surface area contributed by atoms with E-state index in [-0.39, 0.29) is 11.9 Å². The lowest BCUT2D eigenvalue weighted by atomic mass is 10.1. The van der Waals surface area contributed by atoms with Crippen LogP contribution in [-0.2, 0) is 11.3 Å². The summed E-state index contributed by atoms with van der Waals surface area (Å²) in [6.07, 6.45) is 1.19. The van der Waals surface area contributed by atoms with E-state index in [0.29, 0.717) is 31.1 Å². The number of rotatable bonds is 5. The maximum absolute atomic E-state index is 12.3. The van der Waals surface area contributed by atoms with Crippen LogP contribution in [-0.4, -0.2) is 28.1 Å². The number of thiophene rings is 1.